The summed E-state index contributed by atoms with van der Waals surface area (Å²) in [5.74, 6) is -1.35. The van der Waals surface area contributed by atoms with Gasteiger partial charge >= 0.3 is 0 Å². The van der Waals surface area contributed by atoms with Gasteiger partial charge in [-0.25, -0.2) is 4.68 Å². The summed E-state index contributed by atoms with van der Waals surface area (Å²) in [4.78, 5) is 41.8. The average Bonchev–Trinajstić information content (AvgIpc) is 3.33. The first-order chi connectivity index (χ1) is 14.9. The van der Waals surface area contributed by atoms with E-state index in [1.165, 1.54) is 0 Å². The van der Waals surface area contributed by atoms with Gasteiger partial charge in [0.15, 0.2) is 0 Å². The first-order valence-corrected chi connectivity index (χ1v) is 10.2. The molecule has 1 aromatic heterocycles. The Morgan fingerprint density at radius 3 is 2.13 bits per heavy atom. The Kier molecular flexibility index (Phi) is 5.42. The molecule has 0 aliphatic carbocycles. The SMILES string of the molecule is CC(C)C(C(=O)N(C)Cc1cnn(-c2ccccc2)c1)N1C(=O)c2ccccc2C1=O. The Morgan fingerprint density at radius 1 is 0.968 bits per heavy atom. The Balaban J connectivity index is 1.54. The number of imide groups is 1. The Hall–Kier alpha value is -3.74. The zero-order valence-corrected chi connectivity index (χ0v) is 17.7. The zero-order valence-electron chi connectivity index (χ0n) is 17.7. The quantitative estimate of drug-likeness (QED) is 0.579. The van der Waals surface area contributed by atoms with Crippen LogP contribution >= 0.6 is 0 Å². The molecule has 1 aliphatic rings. The normalized spacial score (nSPS) is 14.1. The number of aromatic nitrogens is 2. The van der Waals surface area contributed by atoms with Crippen LogP contribution in [0.15, 0.2) is 67.0 Å². The third-order valence-corrected chi connectivity index (χ3v) is 5.44. The van der Waals surface area contributed by atoms with Crippen molar-refractivity contribution in [2.75, 3.05) is 7.05 Å². The maximum absolute atomic E-state index is 13.3. The Bertz CT molecular complexity index is 1100. The molecule has 0 radical (unpaired) electrons. The predicted octanol–water partition coefficient (Wildman–Crippen LogP) is 3.15. The molecule has 3 amide bonds. The zero-order chi connectivity index (χ0) is 22.1. The average molecular weight is 416 g/mol. The van der Waals surface area contributed by atoms with Crippen LogP contribution in [0.2, 0.25) is 0 Å². The molecular weight excluding hydrogens is 392 g/mol. The fourth-order valence-corrected chi connectivity index (χ4v) is 3.90. The molecule has 158 valence electrons. The van der Waals surface area contributed by atoms with Gasteiger partial charge in [0, 0.05) is 25.4 Å². The van der Waals surface area contributed by atoms with Crippen molar-refractivity contribution in [2.24, 2.45) is 5.92 Å². The molecule has 4 rings (SSSR count). The van der Waals surface area contributed by atoms with E-state index in [4.69, 9.17) is 0 Å². The van der Waals surface area contributed by atoms with Crippen molar-refractivity contribution in [3.05, 3.63) is 83.7 Å². The first kappa shape index (κ1) is 20.5. The van der Waals surface area contributed by atoms with E-state index in [2.05, 4.69) is 5.10 Å². The van der Waals surface area contributed by atoms with Crippen molar-refractivity contribution >= 4 is 17.7 Å². The summed E-state index contributed by atoms with van der Waals surface area (Å²) in [7, 11) is 1.68. The monoisotopic (exact) mass is 416 g/mol. The molecular formula is C24H24N4O3. The van der Waals surface area contributed by atoms with Crippen molar-refractivity contribution < 1.29 is 14.4 Å². The number of amides is 3. The van der Waals surface area contributed by atoms with Gasteiger partial charge < -0.3 is 4.90 Å². The van der Waals surface area contributed by atoms with E-state index in [-0.39, 0.29) is 11.8 Å². The molecule has 2 aromatic carbocycles. The van der Waals surface area contributed by atoms with Crippen molar-refractivity contribution in [3.8, 4) is 5.69 Å². The van der Waals surface area contributed by atoms with Crippen LogP contribution in [0.1, 0.15) is 40.1 Å². The van der Waals surface area contributed by atoms with Crippen molar-refractivity contribution in [3.63, 3.8) is 0 Å². The van der Waals surface area contributed by atoms with E-state index in [0.717, 1.165) is 16.2 Å². The van der Waals surface area contributed by atoms with Crippen LogP contribution in [0.25, 0.3) is 5.69 Å². The molecule has 0 N–H and O–H groups in total. The van der Waals surface area contributed by atoms with Crippen molar-refractivity contribution in [2.45, 2.75) is 26.4 Å². The lowest BCUT2D eigenvalue weighted by Crippen LogP contribution is -2.52. The molecule has 0 fully saturated rings. The molecule has 7 heteroatoms. The van der Waals surface area contributed by atoms with Crippen LogP contribution in [-0.4, -0.2) is 50.4 Å². The van der Waals surface area contributed by atoms with E-state index >= 15 is 0 Å². The second-order valence-corrected chi connectivity index (χ2v) is 8.04. The molecule has 0 bridgehead atoms. The van der Waals surface area contributed by atoms with E-state index in [9.17, 15) is 14.4 Å². The summed E-state index contributed by atoms with van der Waals surface area (Å²) in [6, 6.07) is 15.5. The number of likely N-dealkylation sites (N-methyl/N-ethyl adjacent to an activating group) is 1. The fourth-order valence-electron chi connectivity index (χ4n) is 3.90. The minimum absolute atomic E-state index is 0.232. The number of nitrogens with zero attached hydrogens (tertiary/aromatic N) is 4. The van der Waals surface area contributed by atoms with Crippen molar-refractivity contribution in [1.29, 1.82) is 0 Å². The second-order valence-electron chi connectivity index (χ2n) is 8.04. The highest BCUT2D eigenvalue weighted by molar-refractivity contribution is 6.22. The van der Waals surface area contributed by atoms with E-state index in [1.807, 2.05) is 50.4 Å². The number of hydrogen-bond donors (Lipinski definition) is 0. The second kappa shape index (κ2) is 8.18. The summed E-state index contributed by atoms with van der Waals surface area (Å²) in [5.41, 5.74) is 2.47. The number of fused-ring (bicyclic) bond motifs is 1. The third kappa shape index (κ3) is 3.74. The molecule has 31 heavy (non-hydrogen) atoms. The summed E-state index contributed by atoms with van der Waals surface area (Å²) >= 11 is 0. The van der Waals surface area contributed by atoms with Gasteiger partial charge in [-0.15, -0.1) is 0 Å². The van der Waals surface area contributed by atoms with E-state index < -0.39 is 17.9 Å². The van der Waals surface area contributed by atoms with Gasteiger partial charge in [0.05, 0.1) is 23.0 Å². The topological polar surface area (TPSA) is 75.5 Å². The molecule has 7 nitrogen and oxygen atoms in total. The minimum Gasteiger partial charge on any atom is -0.340 e. The summed E-state index contributed by atoms with van der Waals surface area (Å²) in [5, 5.41) is 4.37. The number of benzene rings is 2. The van der Waals surface area contributed by atoms with Gasteiger partial charge in [-0.05, 0) is 30.2 Å². The molecule has 3 aromatic rings. The van der Waals surface area contributed by atoms with Crippen LogP contribution in [0.3, 0.4) is 0 Å². The summed E-state index contributed by atoms with van der Waals surface area (Å²) in [6.45, 7) is 4.00. The highest BCUT2D eigenvalue weighted by Crippen LogP contribution is 2.28. The van der Waals surface area contributed by atoms with Gasteiger partial charge in [0.1, 0.15) is 6.04 Å². The van der Waals surface area contributed by atoms with Crippen LogP contribution in [0.5, 0.6) is 0 Å². The lowest BCUT2D eigenvalue weighted by atomic mass is 10.0. The lowest BCUT2D eigenvalue weighted by molar-refractivity contribution is -0.136. The van der Waals surface area contributed by atoms with Crippen LogP contribution in [0.4, 0.5) is 0 Å². The number of carbonyl (C=O) groups is 3. The summed E-state index contributed by atoms with van der Waals surface area (Å²) in [6.07, 6.45) is 3.58. The van der Waals surface area contributed by atoms with Crippen LogP contribution < -0.4 is 0 Å². The standard InChI is InChI=1S/C24H24N4O3/c1-16(2)21(28-22(29)19-11-7-8-12-20(19)23(28)30)24(31)26(3)14-17-13-25-27(15-17)18-9-5-4-6-10-18/h4-13,15-16,21H,14H2,1-3H3. The maximum Gasteiger partial charge on any atom is 0.262 e. The van der Waals surface area contributed by atoms with Gasteiger partial charge in [0.25, 0.3) is 11.8 Å². The van der Waals surface area contributed by atoms with Crippen molar-refractivity contribution in [1.82, 2.24) is 19.6 Å². The van der Waals surface area contributed by atoms with Gasteiger partial charge in [-0.2, -0.15) is 5.10 Å². The number of carbonyl (C=O) groups excluding carboxylic acids is 3. The molecule has 2 heterocycles. The van der Waals surface area contributed by atoms with E-state index in [1.54, 1.807) is 47.1 Å². The minimum atomic E-state index is -0.874. The highest BCUT2D eigenvalue weighted by atomic mass is 16.2. The molecule has 0 spiro atoms. The van der Waals surface area contributed by atoms with Gasteiger partial charge in [0.2, 0.25) is 5.91 Å². The molecule has 0 saturated heterocycles. The van der Waals surface area contributed by atoms with Gasteiger partial charge in [-0.3, -0.25) is 19.3 Å². The maximum atomic E-state index is 13.3. The molecule has 1 unspecified atom stereocenters. The largest absolute Gasteiger partial charge is 0.340 e. The number of rotatable bonds is 6. The highest BCUT2D eigenvalue weighted by Gasteiger charge is 2.44. The molecule has 0 saturated carbocycles. The van der Waals surface area contributed by atoms with Crippen LogP contribution in [-0.2, 0) is 11.3 Å². The molecule has 1 atom stereocenters. The number of para-hydroxylation sites is 1. The Labute approximate surface area is 180 Å². The number of hydrogen-bond acceptors (Lipinski definition) is 4. The lowest BCUT2D eigenvalue weighted by Gasteiger charge is -2.31. The first-order valence-electron chi connectivity index (χ1n) is 10.2. The Morgan fingerprint density at radius 2 is 1.55 bits per heavy atom. The fraction of sp³-hybridized carbons (Fsp3) is 0.250. The van der Waals surface area contributed by atoms with Gasteiger partial charge in [-0.1, -0.05) is 44.2 Å². The molecule has 1 aliphatic heterocycles. The third-order valence-electron chi connectivity index (χ3n) is 5.44. The smallest absolute Gasteiger partial charge is 0.262 e. The predicted molar refractivity (Wildman–Crippen MR) is 116 cm³/mol. The van der Waals surface area contributed by atoms with Crippen LogP contribution in [0, 0.1) is 5.92 Å². The van der Waals surface area contributed by atoms with E-state index in [0.29, 0.717) is 17.7 Å². The summed E-state index contributed by atoms with van der Waals surface area (Å²) < 4.78 is 1.75.